The molecule has 66 valence electrons. The Hall–Kier alpha value is -0.570. The first-order valence-electron chi connectivity index (χ1n) is 3.77. The van der Waals surface area contributed by atoms with Crippen molar-refractivity contribution in [3.8, 4) is 0 Å². The summed E-state index contributed by atoms with van der Waals surface area (Å²) in [5.74, 6) is 0. The molecule has 1 rings (SSSR count). The van der Waals surface area contributed by atoms with Crippen LogP contribution in [0.5, 0.6) is 0 Å². The molecule has 0 aliphatic heterocycles. The zero-order valence-corrected chi connectivity index (χ0v) is 7.67. The molecular weight excluding hydrogens is 174 g/mol. The third-order valence-corrected chi connectivity index (χ3v) is 2.06. The van der Waals surface area contributed by atoms with Gasteiger partial charge < -0.3 is 10.8 Å². The quantitative estimate of drug-likeness (QED) is 0.736. The zero-order valence-electron chi connectivity index (χ0n) is 6.92. The molecular formula is C9H12ClNO. The van der Waals surface area contributed by atoms with Crippen molar-refractivity contribution >= 4 is 11.6 Å². The minimum absolute atomic E-state index is 0.0392. The Labute approximate surface area is 77.0 Å². The van der Waals surface area contributed by atoms with E-state index < -0.39 is 0 Å². The van der Waals surface area contributed by atoms with E-state index in [1.54, 1.807) is 6.07 Å². The van der Waals surface area contributed by atoms with Crippen molar-refractivity contribution in [1.29, 1.82) is 0 Å². The summed E-state index contributed by atoms with van der Waals surface area (Å²) in [6.07, 6.45) is 0. The van der Waals surface area contributed by atoms with Gasteiger partial charge in [-0.2, -0.15) is 0 Å². The number of nitrogens with two attached hydrogens (primary N) is 1. The molecule has 0 aromatic heterocycles. The third kappa shape index (κ3) is 1.97. The molecule has 2 nitrogen and oxygen atoms in total. The number of rotatable bonds is 2. The molecule has 0 heterocycles. The van der Waals surface area contributed by atoms with Gasteiger partial charge in [-0.05, 0) is 30.2 Å². The number of hydrogen-bond acceptors (Lipinski definition) is 2. The van der Waals surface area contributed by atoms with Gasteiger partial charge in [0.2, 0.25) is 0 Å². The summed E-state index contributed by atoms with van der Waals surface area (Å²) in [7, 11) is 0. The molecule has 0 aliphatic rings. The van der Waals surface area contributed by atoms with E-state index in [1.165, 1.54) is 0 Å². The lowest BCUT2D eigenvalue weighted by atomic mass is 10.0. The second-order valence-corrected chi connectivity index (χ2v) is 3.23. The van der Waals surface area contributed by atoms with Crippen LogP contribution in [0.1, 0.15) is 17.2 Å². The van der Waals surface area contributed by atoms with Gasteiger partial charge >= 0.3 is 0 Å². The standard InChI is InChI=1S/C9H12ClNO/c1-6-4-7(10)2-3-8(6)9(11)5-12/h2-4,9,12H,5,11H2,1H3. The lowest BCUT2D eigenvalue weighted by Gasteiger charge is -2.11. The van der Waals surface area contributed by atoms with Crippen molar-refractivity contribution in [2.45, 2.75) is 13.0 Å². The summed E-state index contributed by atoms with van der Waals surface area (Å²) >= 11 is 5.76. The van der Waals surface area contributed by atoms with Crippen molar-refractivity contribution in [2.24, 2.45) is 5.73 Å². The first kappa shape index (κ1) is 9.52. The van der Waals surface area contributed by atoms with Gasteiger partial charge in [-0.25, -0.2) is 0 Å². The molecule has 0 bridgehead atoms. The average molecular weight is 186 g/mol. The Kier molecular flexibility index (Phi) is 3.09. The SMILES string of the molecule is Cc1cc(Cl)ccc1C(N)CO. The molecule has 0 spiro atoms. The highest BCUT2D eigenvalue weighted by Crippen LogP contribution is 2.19. The lowest BCUT2D eigenvalue weighted by Crippen LogP contribution is -2.15. The van der Waals surface area contributed by atoms with Crippen LogP contribution >= 0.6 is 11.6 Å². The normalized spacial score (nSPS) is 13.0. The van der Waals surface area contributed by atoms with Crippen molar-refractivity contribution in [2.75, 3.05) is 6.61 Å². The van der Waals surface area contributed by atoms with E-state index in [2.05, 4.69) is 0 Å². The van der Waals surface area contributed by atoms with E-state index in [4.69, 9.17) is 22.4 Å². The fourth-order valence-electron chi connectivity index (χ4n) is 1.15. The smallest absolute Gasteiger partial charge is 0.0624 e. The number of hydrogen-bond donors (Lipinski definition) is 2. The zero-order chi connectivity index (χ0) is 9.14. The highest BCUT2D eigenvalue weighted by molar-refractivity contribution is 6.30. The first-order valence-corrected chi connectivity index (χ1v) is 4.15. The van der Waals surface area contributed by atoms with E-state index in [-0.39, 0.29) is 12.6 Å². The summed E-state index contributed by atoms with van der Waals surface area (Å²) in [6, 6.07) is 5.16. The van der Waals surface area contributed by atoms with Crippen LogP contribution in [-0.4, -0.2) is 11.7 Å². The van der Waals surface area contributed by atoms with Crippen LogP contribution in [0.15, 0.2) is 18.2 Å². The summed E-state index contributed by atoms with van der Waals surface area (Å²) in [5, 5.41) is 9.52. The third-order valence-electron chi connectivity index (χ3n) is 1.83. The van der Waals surface area contributed by atoms with Crippen LogP contribution in [0, 0.1) is 6.92 Å². The maximum atomic E-state index is 8.82. The van der Waals surface area contributed by atoms with Crippen LogP contribution in [0.2, 0.25) is 5.02 Å². The summed E-state index contributed by atoms with van der Waals surface area (Å²) < 4.78 is 0. The minimum atomic E-state index is -0.303. The molecule has 1 aromatic rings. The van der Waals surface area contributed by atoms with Crippen molar-refractivity contribution in [3.05, 3.63) is 34.3 Å². The molecule has 3 N–H and O–H groups in total. The average Bonchev–Trinajstić information content (AvgIpc) is 2.03. The van der Waals surface area contributed by atoms with Gasteiger partial charge in [0.15, 0.2) is 0 Å². The molecule has 12 heavy (non-hydrogen) atoms. The van der Waals surface area contributed by atoms with Crippen LogP contribution in [0.25, 0.3) is 0 Å². The Balaban J connectivity index is 3.01. The largest absolute Gasteiger partial charge is 0.394 e. The molecule has 0 fully saturated rings. The minimum Gasteiger partial charge on any atom is -0.394 e. The van der Waals surface area contributed by atoms with E-state index in [0.29, 0.717) is 5.02 Å². The second-order valence-electron chi connectivity index (χ2n) is 2.79. The Morgan fingerprint density at radius 3 is 2.75 bits per heavy atom. The van der Waals surface area contributed by atoms with Crippen molar-refractivity contribution in [1.82, 2.24) is 0 Å². The molecule has 1 aromatic carbocycles. The molecule has 3 heteroatoms. The van der Waals surface area contributed by atoms with E-state index in [0.717, 1.165) is 11.1 Å². The highest BCUT2D eigenvalue weighted by atomic mass is 35.5. The van der Waals surface area contributed by atoms with Crippen molar-refractivity contribution in [3.63, 3.8) is 0 Å². The van der Waals surface area contributed by atoms with Crippen LogP contribution in [-0.2, 0) is 0 Å². The van der Waals surface area contributed by atoms with E-state index >= 15 is 0 Å². The second kappa shape index (κ2) is 3.90. The number of aliphatic hydroxyl groups is 1. The lowest BCUT2D eigenvalue weighted by molar-refractivity contribution is 0.267. The highest BCUT2D eigenvalue weighted by Gasteiger charge is 2.06. The number of aliphatic hydroxyl groups excluding tert-OH is 1. The van der Waals surface area contributed by atoms with Crippen LogP contribution in [0.4, 0.5) is 0 Å². The Morgan fingerprint density at radius 1 is 1.58 bits per heavy atom. The summed E-state index contributed by atoms with van der Waals surface area (Å²) in [4.78, 5) is 0. The molecule has 0 amide bonds. The van der Waals surface area contributed by atoms with Gasteiger partial charge in [0.1, 0.15) is 0 Å². The van der Waals surface area contributed by atoms with Gasteiger partial charge in [-0.15, -0.1) is 0 Å². The fourth-order valence-corrected chi connectivity index (χ4v) is 1.38. The van der Waals surface area contributed by atoms with Gasteiger partial charge in [0.25, 0.3) is 0 Å². The maximum Gasteiger partial charge on any atom is 0.0624 e. The monoisotopic (exact) mass is 185 g/mol. The Morgan fingerprint density at radius 2 is 2.25 bits per heavy atom. The van der Waals surface area contributed by atoms with Gasteiger partial charge in [-0.1, -0.05) is 17.7 Å². The van der Waals surface area contributed by atoms with E-state index in [1.807, 2.05) is 19.1 Å². The topological polar surface area (TPSA) is 46.2 Å². The molecule has 0 saturated heterocycles. The molecule has 0 aliphatic carbocycles. The van der Waals surface area contributed by atoms with Gasteiger partial charge in [0, 0.05) is 5.02 Å². The van der Waals surface area contributed by atoms with Crippen molar-refractivity contribution < 1.29 is 5.11 Å². The molecule has 1 unspecified atom stereocenters. The number of halogens is 1. The predicted octanol–water partition coefficient (Wildman–Crippen LogP) is 1.64. The first-order chi connectivity index (χ1) is 5.65. The van der Waals surface area contributed by atoms with Gasteiger partial charge in [-0.3, -0.25) is 0 Å². The van der Waals surface area contributed by atoms with Crippen LogP contribution in [0.3, 0.4) is 0 Å². The summed E-state index contributed by atoms with van der Waals surface area (Å²) in [6.45, 7) is 1.89. The number of aryl methyl sites for hydroxylation is 1. The summed E-state index contributed by atoms with van der Waals surface area (Å²) in [5.41, 5.74) is 7.62. The van der Waals surface area contributed by atoms with Crippen LogP contribution < -0.4 is 5.73 Å². The molecule has 0 saturated carbocycles. The molecule has 0 radical (unpaired) electrons. The van der Waals surface area contributed by atoms with E-state index in [9.17, 15) is 0 Å². The number of benzene rings is 1. The molecule has 1 atom stereocenters. The van der Waals surface area contributed by atoms with Gasteiger partial charge in [0.05, 0.1) is 12.6 Å². The predicted molar refractivity (Wildman–Crippen MR) is 50.2 cm³/mol. The fraction of sp³-hybridized carbons (Fsp3) is 0.333. The Bertz CT molecular complexity index is 275. The maximum absolute atomic E-state index is 8.82.